The zero-order valence-electron chi connectivity index (χ0n) is 15.0. The van der Waals surface area contributed by atoms with Crippen LogP contribution in [0.5, 0.6) is 0 Å². The van der Waals surface area contributed by atoms with Crippen LogP contribution in [0.1, 0.15) is 15.9 Å². The van der Waals surface area contributed by atoms with E-state index >= 15 is 0 Å². The number of non-ortho nitro benzene ring substituents is 1. The van der Waals surface area contributed by atoms with Crippen LogP contribution in [0, 0.1) is 17.0 Å². The Morgan fingerprint density at radius 2 is 1.75 bits per heavy atom. The second kappa shape index (κ2) is 6.96. The van der Waals surface area contributed by atoms with Gasteiger partial charge in [0, 0.05) is 28.9 Å². The zero-order valence-corrected chi connectivity index (χ0v) is 15.0. The third-order valence-corrected chi connectivity index (χ3v) is 4.41. The van der Waals surface area contributed by atoms with Crippen LogP contribution in [-0.2, 0) is 0 Å². The van der Waals surface area contributed by atoms with Crippen LogP contribution in [-0.4, -0.2) is 20.8 Å². The molecular weight excluding hydrogens is 356 g/mol. The molecule has 4 aromatic rings. The van der Waals surface area contributed by atoms with E-state index in [4.69, 9.17) is 0 Å². The van der Waals surface area contributed by atoms with Gasteiger partial charge in [-0.3, -0.25) is 14.9 Å². The number of hydrogen-bond donors (Lipinski definition) is 2. The van der Waals surface area contributed by atoms with Gasteiger partial charge in [0.15, 0.2) is 0 Å². The van der Waals surface area contributed by atoms with Gasteiger partial charge in [-0.15, -0.1) is 0 Å². The van der Waals surface area contributed by atoms with Crippen molar-refractivity contribution in [3.8, 4) is 11.4 Å². The highest BCUT2D eigenvalue weighted by atomic mass is 16.6. The van der Waals surface area contributed by atoms with Crippen LogP contribution in [0.4, 0.5) is 11.4 Å². The first-order chi connectivity index (χ1) is 13.5. The minimum atomic E-state index is -0.439. The molecule has 4 rings (SSSR count). The van der Waals surface area contributed by atoms with Gasteiger partial charge in [0.2, 0.25) is 0 Å². The van der Waals surface area contributed by atoms with Crippen molar-refractivity contribution < 1.29 is 9.72 Å². The Bertz CT molecular complexity index is 1180. The number of rotatable bonds is 4. The first kappa shape index (κ1) is 17.4. The molecule has 1 heterocycles. The quantitative estimate of drug-likeness (QED) is 0.400. The summed E-state index contributed by atoms with van der Waals surface area (Å²) in [4.78, 5) is 30.3. The van der Waals surface area contributed by atoms with Gasteiger partial charge in [-0.1, -0.05) is 17.7 Å². The van der Waals surface area contributed by atoms with Crippen molar-refractivity contribution >= 4 is 28.3 Å². The Morgan fingerprint density at radius 1 is 1.04 bits per heavy atom. The van der Waals surface area contributed by atoms with Crippen molar-refractivity contribution in [3.05, 3.63) is 88.0 Å². The minimum absolute atomic E-state index is 0.0110. The number of carbonyl (C=O) groups excluding carboxylic acids is 1. The number of hydrogen-bond acceptors (Lipinski definition) is 4. The van der Waals surface area contributed by atoms with E-state index < -0.39 is 4.92 Å². The maximum Gasteiger partial charge on any atom is 0.271 e. The number of fused-ring (bicyclic) bond motifs is 1. The molecule has 7 heteroatoms. The van der Waals surface area contributed by atoms with Crippen molar-refractivity contribution in [2.24, 2.45) is 0 Å². The molecule has 28 heavy (non-hydrogen) atoms. The fourth-order valence-electron chi connectivity index (χ4n) is 2.87. The number of aryl methyl sites for hydroxylation is 1. The molecule has 0 saturated heterocycles. The van der Waals surface area contributed by atoms with Crippen LogP contribution in [0.25, 0.3) is 22.4 Å². The molecule has 1 aromatic heterocycles. The van der Waals surface area contributed by atoms with E-state index in [1.165, 1.54) is 12.1 Å². The lowest BCUT2D eigenvalue weighted by atomic mass is 10.1. The van der Waals surface area contributed by atoms with Crippen molar-refractivity contribution in [2.45, 2.75) is 6.92 Å². The first-order valence-corrected chi connectivity index (χ1v) is 8.62. The number of carbonyl (C=O) groups is 1. The average Bonchev–Trinajstić information content (AvgIpc) is 3.12. The third kappa shape index (κ3) is 3.45. The van der Waals surface area contributed by atoms with E-state index in [9.17, 15) is 14.9 Å². The molecule has 2 N–H and O–H groups in total. The maximum absolute atomic E-state index is 12.3. The molecule has 3 aromatic carbocycles. The highest BCUT2D eigenvalue weighted by Gasteiger charge is 2.11. The van der Waals surface area contributed by atoms with Crippen LogP contribution in [0.15, 0.2) is 66.7 Å². The number of imidazole rings is 1. The Morgan fingerprint density at radius 3 is 2.43 bits per heavy atom. The molecule has 138 valence electrons. The predicted octanol–water partition coefficient (Wildman–Crippen LogP) is 4.70. The molecule has 0 saturated carbocycles. The van der Waals surface area contributed by atoms with Gasteiger partial charge < -0.3 is 10.3 Å². The molecule has 7 nitrogen and oxygen atoms in total. The van der Waals surface area contributed by atoms with Gasteiger partial charge in [0.25, 0.3) is 11.6 Å². The summed E-state index contributed by atoms with van der Waals surface area (Å²) in [6, 6.07) is 19.1. The number of nitro groups is 1. The summed E-state index contributed by atoms with van der Waals surface area (Å²) in [6.07, 6.45) is 0. The molecule has 1 amide bonds. The van der Waals surface area contributed by atoms with E-state index in [1.807, 2.05) is 31.2 Å². The standard InChI is InChI=1S/C21H16N4O3/c1-13-2-4-15(5-3-13)21(26)22-16-8-6-14(7-9-16)20-23-18-11-10-17(25(27)28)12-19(18)24-20/h2-12H,1H3,(H,22,26)(H,23,24). The SMILES string of the molecule is Cc1ccc(C(=O)Nc2ccc(-c3nc4ccc([N+](=O)[O-])cc4[nH]3)cc2)cc1. The molecule has 0 fully saturated rings. The monoisotopic (exact) mass is 372 g/mol. The Kier molecular flexibility index (Phi) is 4.33. The molecule has 0 spiro atoms. The predicted molar refractivity (Wildman–Crippen MR) is 107 cm³/mol. The maximum atomic E-state index is 12.3. The molecule has 0 radical (unpaired) electrons. The highest BCUT2D eigenvalue weighted by Crippen LogP contribution is 2.25. The molecule has 0 unspecified atom stereocenters. The number of nitro benzene ring substituents is 1. The first-order valence-electron chi connectivity index (χ1n) is 8.62. The number of anilines is 1. The lowest BCUT2D eigenvalue weighted by Gasteiger charge is -2.06. The Hall–Kier alpha value is -4.00. The summed E-state index contributed by atoms with van der Waals surface area (Å²) in [5.74, 6) is 0.427. The number of H-pyrrole nitrogens is 1. The Labute approximate surface area is 160 Å². The lowest BCUT2D eigenvalue weighted by molar-refractivity contribution is -0.384. The van der Waals surface area contributed by atoms with E-state index in [1.54, 1.807) is 30.3 Å². The fourth-order valence-corrected chi connectivity index (χ4v) is 2.87. The number of benzene rings is 3. The summed E-state index contributed by atoms with van der Waals surface area (Å²) < 4.78 is 0. The van der Waals surface area contributed by atoms with Gasteiger partial charge in [0.1, 0.15) is 5.82 Å². The zero-order chi connectivity index (χ0) is 19.7. The Balaban J connectivity index is 1.54. The highest BCUT2D eigenvalue weighted by molar-refractivity contribution is 6.04. The molecule has 0 atom stereocenters. The van der Waals surface area contributed by atoms with Crippen LogP contribution in [0.3, 0.4) is 0 Å². The summed E-state index contributed by atoms with van der Waals surface area (Å²) in [5, 5.41) is 13.8. The van der Waals surface area contributed by atoms with Gasteiger partial charge in [-0.05, 0) is 49.4 Å². The van der Waals surface area contributed by atoms with E-state index in [2.05, 4.69) is 15.3 Å². The second-order valence-electron chi connectivity index (χ2n) is 6.44. The van der Waals surface area contributed by atoms with E-state index in [-0.39, 0.29) is 11.6 Å². The average molecular weight is 372 g/mol. The minimum Gasteiger partial charge on any atom is -0.338 e. The van der Waals surface area contributed by atoms with Crippen molar-refractivity contribution in [3.63, 3.8) is 0 Å². The third-order valence-electron chi connectivity index (χ3n) is 4.41. The summed E-state index contributed by atoms with van der Waals surface area (Å²) in [5.41, 5.74) is 4.43. The number of aromatic amines is 1. The molecule has 0 bridgehead atoms. The van der Waals surface area contributed by atoms with E-state index in [0.717, 1.165) is 11.1 Å². The number of amides is 1. The lowest BCUT2D eigenvalue weighted by Crippen LogP contribution is -2.11. The van der Waals surface area contributed by atoms with E-state index in [0.29, 0.717) is 28.1 Å². The second-order valence-corrected chi connectivity index (χ2v) is 6.44. The topological polar surface area (TPSA) is 101 Å². The van der Waals surface area contributed by atoms with Gasteiger partial charge in [-0.25, -0.2) is 4.98 Å². The van der Waals surface area contributed by atoms with Crippen molar-refractivity contribution in [1.29, 1.82) is 0 Å². The molecule has 0 aliphatic heterocycles. The fraction of sp³-hybridized carbons (Fsp3) is 0.0476. The molecule has 0 aliphatic rings. The number of nitrogens with zero attached hydrogens (tertiary/aromatic N) is 2. The van der Waals surface area contributed by atoms with Gasteiger partial charge in [0.05, 0.1) is 16.0 Å². The smallest absolute Gasteiger partial charge is 0.271 e. The van der Waals surface area contributed by atoms with Crippen molar-refractivity contribution in [2.75, 3.05) is 5.32 Å². The molecular formula is C21H16N4O3. The van der Waals surface area contributed by atoms with Crippen LogP contribution < -0.4 is 5.32 Å². The summed E-state index contributed by atoms with van der Waals surface area (Å²) in [7, 11) is 0. The van der Waals surface area contributed by atoms with Gasteiger partial charge in [-0.2, -0.15) is 0 Å². The number of nitrogens with one attached hydrogen (secondary N) is 2. The van der Waals surface area contributed by atoms with Crippen LogP contribution >= 0.6 is 0 Å². The summed E-state index contributed by atoms with van der Waals surface area (Å²) in [6.45, 7) is 1.97. The largest absolute Gasteiger partial charge is 0.338 e. The number of aromatic nitrogens is 2. The van der Waals surface area contributed by atoms with Crippen molar-refractivity contribution in [1.82, 2.24) is 9.97 Å². The molecule has 0 aliphatic carbocycles. The van der Waals surface area contributed by atoms with Gasteiger partial charge >= 0.3 is 0 Å². The summed E-state index contributed by atoms with van der Waals surface area (Å²) >= 11 is 0. The normalized spacial score (nSPS) is 10.8. The van der Waals surface area contributed by atoms with Crippen LogP contribution in [0.2, 0.25) is 0 Å².